The molecule has 0 bridgehead atoms. The van der Waals surface area contributed by atoms with Gasteiger partial charge in [-0.1, -0.05) is 67.0 Å². The molecule has 0 saturated heterocycles. The fourth-order valence-electron chi connectivity index (χ4n) is 2.63. The molecule has 1 aromatic heterocycles. The monoisotopic (exact) mass is 464 g/mol. The van der Waals surface area contributed by atoms with Crippen LogP contribution in [0.15, 0.2) is 69.5 Å². The molecular weight excluding hydrogens is 439 g/mol. The van der Waals surface area contributed by atoms with E-state index in [1.807, 2.05) is 38.1 Å². The van der Waals surface area contributed by atoms with E-state index in [2.05, 4.69) is 28.2 Å². The first kappa shape index (κ1) is 24.3. The summed E-state index contributed by atoms with van der Waals surface area (Å²) in [6.45, 7) is 6.39. The molecule has 2 aromatic rings. The predicted molar refractivity (Wildman–Crippen MR) is 127 cm³/mol. The summed E-state index contributed by atoms with van der Waals surface area (Å²) in [7, 11) is 0. The Morgan fingerprint density at radius 3 is 2.87 bits per heavy atom. The van der Waals surface area contributed by atoms with Gasteiger partial charge in [-0.15, -0.1) is 0 Å². The van der Waals surface area contributed by atoms with Crippen molar-refractivity contribution in [2.45, 2.75) is 51.1 Å². The van der Waals surface area contributed by atoms with Crippen molar-refractivity contribution >= 4 is 35.0 Å². The van der Waals surface area contributed by atoms with Crippen LogP contribution in [0.5, 0.6) is 0 Å². The summed E-state index contributed by atoms with van der Waals surface area (Å²) >= 11 is 14.1. The number of allylic oxidation sites excluding steroid dienone is 4. The van der Waals surface area contributed by atoms with E-state index in [1.165, 1.54) is 28.1 Å². The number of aromatic amines is 1. The molecule has 0 unspecified atom stereocenters. The van der Waals surface area contributed by atoms with Crippen molar-refractivity contribution in [1.29, 1.82) is 0 Å². The highest BCUT2D eigenvalue weighted by Crippen LogP contribution is 2.27. The molecule has 5 nitrogen and oxygen atoms in total. The van der Waals surface area contributed by atoms with Gasteiger partial charge < -0.3 is 4.57 Å². The van der Waals surface area contributed by atoms with Crippen molar-refractivity contribution in [3.8, 4) is 0 Å². The summed E-state index contributed by atoms with van der Waals surface area (Å²) in [5.74, 6) is 0.650. The van der Waals surface area contributed by atoms with Crippen LogP contribution < -0.4 is 5.56 Å². The quantitative estimate of drug-likeness (QED) is 0.379. The average Bonchev–Trinajstić information content (AvgIpc) is 2.82. The Morgan fingerprint density at radius 2 is 2.13 bits per heavy atom. The number of aryl methyl sites for hydroxylation is 1. The molecule has 0 aliphatic carbocycles. The third-order valence-corrected chi connectivity index (χ3v) is 6.03. The third-order valence-electron chi connectivity index (χ3n) is 4.32. The van der Waals surface area contributed by atoms with Gasteiger partial charge in [0.1, 0.15) is 6.20 Å². The summed E-state index contributed by atoms with van der Waals surface area (Å²) in [5, 5.41) is 8.81. The molecule has 30 heavy (non-hydrogen) atoms. The second-order valence-electron chi connectivity index (χ2n) is 6.53. The zero-order chi connectivity index (χ0) is 21.9. The molecular formula is C22H26Cl2N4OS. The predicted octanol–water partition coefficient (Wildman–Crippen LogP) is 6.08. The fraction of sp³-hybridized carbons (Fsp3) is 0.318. The molecule has 0 saturated carbocycles. The summed E-state index contributed by atoms with van der Waals surface area (Å²) in [5.41, 5.74) is 2.90. The third kappa shape index (κ3) is 7.35. The van der Waals surface area contributed by atoms with Crippen LogP contribution in [-0.4, -0.2) is 19.7 Å². The minimum atomic E-state index is -0.261. The van der Waals surface area contributed by atoms with E-state index < -0.39 is 0 Å². The number of aromatic nitrogens is 4. The maximum Gasteiger partial charge on any atom is 0.271 e. The summed E-state index contributed by atoms with van der Waals surface area (Å²) in [6.07, 6.45) is 10.1. The van der Waals surface area contributed by atoms with E-state index in [-0.39, 0.29) is 5.56 Å². The Balaban J connectivity index is 2.25. The molecule has 0 amide bonds. The molecule has 0 aliphatic heterocycles. The average molecular weight is 465 g/mol. The highest BCUT2D eigenvalue weighted by molar-refractivity contribution is 7.98. The van der Waals surface area contributed by atoms with Crippen LogP contribution in [0, 0.1) is 0 Å². The first-order valence-corrected chi connectivity index (χ1v) is 11.4. The normalized spacial score (nSPS) is 12.0. The Kier molecular flexibility index (Phi) is 10.2. The van der Waals surface area contributed by atoms with Crippen LogP contribution in [-0.2, 0) is 18.7 Å². The number of halogens is 2. The van der Waals surface area contributed by atoms with E-state index in [0.29, 0.717) is 22.5 Å². The second kappa shape index (κ2) is 12.6. The number of thioether (sulfide) groups is 1. The minimum Gasteiger partial charge on any atom is -0.308 e. The van der Waals surface area contributed by atoms with Gasteiger partial charge in [0.25, 0.3) is 5.56 Å². The molecule has 1 heterocycles. The molecule has 2 rings (SSSR count). The lowest BCUT2D eigenvalue weighted by Crippen LogP contribution is -2.17. The lowest BCUT2D eigenvalue weighted by Gasteiger charge is -2.08. The van der Waals surface area contributed by atoms with Gasteiger partial charge in [-0.3, -0.25) is 9.89 Å². The number of H-pyrrole nitrogens is 1. The van der Waals surface area contributed by atoms with E-state index in [9.17, 15) is 4.79 Å². The van der Waals surface area contributed by atoms with E-state index in [4.69, 9.17) is 23.2 Å². The van der Waals surface area contributed by atoms with Gasteiger partial charge in [-0.05, 0) is 48.6 Å². The first-order chi connectivity index (χ1) is 14.5. The van der Waals surface area contributed by atoms with Gasteiger partial charge in [-0.25, -0.2) is 4.98 Å². The molecule has 0 aliphatic rings. The number of hydrogen-bond acceptors (Lipinski definition) is 4. The van der Waals surface area contributed by atoms with E-state index >= 15 is 0 Å². The Morgan fingerprint density at radius 1 is 1.33 bits per heavy atom. The van der Waals surface area contributed by atoms with Gasteiger partial charge in [0, 0.05) is 34.7 Å². The SMILES string of the molecule is CC/C=C\C(Cl)=C(\C)Cn1ccnc(SCc2c(Cl)cccc2CC)[nH]ncc1=O. The van der Waals surface area contributed by atoms with Crippen molar-refractivity contribution in [2.24, 2.45) is 0 Å². The Labute approximate surface area is 191 Å². The molecule has 1 N–H and O–H groups in total. The highest BCUT2D eigenvalue weighted by atomic mass is 35.5. The maximum absolute atomic E-state index is 12.4. The van der Waals surface area contributed by atoms with Crippen molar-refractivity contribution < 1.29 is 0 Å². The van der Waals surface area contributed by atoms with Gasteiger partial charge in [0.2, 0.25) is 0 Å². The van der Waals surface area contributed by atoms with Crippen LogP contribution in [0.1, 0.15) is 38.3 Å². The van der Waals surface area contributed by atoms with Crippen LogP contribution >= 0.6 is 35.0 Å². The zero-order valence-electron chi connectivity index (χ0n) is 17.4. The number of hydrogen-bond donors (Lipinski definition) is 1. The lowest BCUT2D eigenvalue weighted by atomic mass is 10.1. The van der Waals surface area contributed by atoms with Crippen LogP contribution in [0.25, 0.3) is 0 Å². The Hall–Kier alpha value is -2.02. The number of nitrogens with one attached hydrogen (secondary N) is 1. The van der Waals surface area contributed by atoms with Gasteiger partial charge >= 0.3 is 0 Å². The fourth-order valence-corrected chi connectivity index (χ4v) is 4.00. The van der Waals surface area contributed by atoms with Crippen molar-refractivity contribution in [2.75, 3.05) is 0 Å². The zero-order valence-corrected chi connectivity index (χ0v) is 19.7. The second-order valence-corrected chi connectivity index (χ2v) is 8.31. The largest absolute Gasteiger partial charge is 0.308 e. The van der Waals surface area contributed by atoms with Crippen LogP contribution in [0.2, 0.25) is 5.02 Å². The summed E-state index contributed by atoms with van der Waals surface area (Å²) in [6, 6.07) is 5.92. The topological polar surface area (TPSA) is 63.6 Å². The number of nitrogens with zero attached hydrogens (tertiary/aromatic N) is 3. The van der Waals surface area contributed by atoms with Crippen molar-refractivity contribution in [3.63, 3.8) is 0 Å². The lowest BCUT2D eigenvalue weighted by molar-refractivity contribution is 0.743. The molecule has 0 radical (unpaired) electrons. The van der Waals surface area contributed by atoms with Crippen molar-refractivity contribution in [3.05, 3.63) is 86.1 Å². The smallest absolute Gasteiger partial charge is 0.271 e. The van der Waals surface area contributed by atoms with Crippen molar-refractivity contribution in [1.82, 2.24) is 19.7 Å². The number of rotatable bonds is 8. The highest BCUT2D eigenvalue weighted by Gasteiger charge is 2.07. The molecule has 0 fully saturated rings. The standard InChI is InChI=1S/C22H26Cl2N4OS/c1-4-6-9-19(23)16(3)14-28-12-11-25-22(27-26-13-21(28)29)30-15-18-17(5-2)8-7-10-20(18)24/h6-13H,4-5,14-15H2,1-3H3,(H,25,27)/b9-6-,12-11?,19-16+,26-13?. The van der Waals surface area contributed by atoms with E-state index in [0.717, 1.165) is 29.0 Å². The maximum atomic E-state index is 12.4. The molecule has 0 atom stereocenters. The Bertz CT molecular complexity index is 1030. The van der Waals surface area contributed by atoms with Crippen LogP contribution in [0.3, 0.4) is 0 Å². The van der Waals surface area contributed by atoms with Gasteiger partial charge in [0.05, 0.1) is 0 Å². The van der Waals surface area contributed by atoms with Gasteiger partial charge in [-0.2, -0.15) is 5.10 Å². The number of benzene rings is 1. The molecule has 8 heteroatoms. The minimum absolute atomic E-state index is 0.261. The van der Waals surface area contributed by atoms with Gasteiger partial charge in [0.15, 0.2) is 5.16 Å². The van der Waals surface area contributed by atoms with Crippen LogP contribution in [0.4, 0.5) is 0 Å². The summed E-state index contributed by atoms with van der Waals surface area (Å²) in [4.78, 5) is 16.8. The van der Waals surface area contributed by atoms with E-state index in [1.54, 1.807) is 12.4 Å². The summed E-state index contributed by atoms with van der Waals surface area (Å²) < 4.78 is 1.52. The molecule has 1 aromatic carbocycles. The molecule has 160 valence electrons. The first-order valence-electron chi connectivity index (χ1n) is 9.71. The molecule has 0 spiro atoms.